The number of likely N-dealkylation sites (N-methyl/N-ethyl adjacent to an activating group) is 1. The molecule has 4 aromatic rings. The molecule has 182 valence electrons. The highest BCUT2D eigenvalue weighted by Crippen LogP contribution is 2.32. The van der Waals surface area contributed by atoms with Gasteiger partial charge in [-0.1, -0.05) is 53.7 Å². The molecule has 0 radical (unpaired) electrons. The predicted octanol–water partition coefficient (Wildman–Crippen LogP) is 6.28. The number of rotatable bonds is 9. The lowest BCUT2D eigenvalue weighted by Crippen LogP contribution is -2.22. The second-order valence-electron chi connectivity index (χ2n) is 8.78. The van der Waals surface area contributed by atoms with E-state index in [-0.39, 0.29) is 11.2 Å². The first-order valence-electron chi connectivity index (χ1n) is 11.5. The summed E-state index contributed by atoms with van der Waals surface area (Å²) in [5.41, 5.74) is 6.76. The van der Waals surface area contributed by atoms with Crippen molar-refractivity contribution in [1.29, 1.82) is 0 Å². The molecule has 3 aromatic carbocycles. The number of thioether (sulfide) groups is 1. The van der Waals surface area contributed by atoms with E-state index in [2.05, 4.69) is 64.9 Å². The van der Waals surface area contributed by atoms with E-state index < -0.39 is 0 Å². The van der Waals surface area contributed by atoms with Gasteiger partial charge in [0.2, 0.25) is 5.91 Å². The Hall–Kier alpha value is -3.00. The number of aromatic amines is 1. The smallest absolute Gasteiger partial charge is 0.237 e. The van der Waals surface area contributed by atoms with Gasteiger partial charge >= 0.3 is 0 Å². The van der Waals surface area contributed by atoms with Gasteiger partial charge in [0.05, 0.1) is 27.0 Å². The summed E-state index contributed by atoms with van der Waals surface area (Å²) in [6, 6.07) is 20.1. The number of anilines is 2. The van der Waals surface area contributed by atoms with Crippen molar-refractivity contribution in [2.24, 2.45) is 0 Å². The Bertz CT molecular complexity index is 1320. The van der Waals surface area contributed by atoms with E-state index in [4.69, 9.17) is 16.6 Å². The van der Waals surface area contributed by atoms with Crippen LogP contribution in [0.25, 0.3) is 22.2 Å². The minimum Gasteiger partial charge on any atom is -0.384 e. The minimum absolute atomic E-state index is 0.126. The molecular formula is C27H30ClN5OS. The Kier molecular flexibility index (Phi) is 8.00. The number of nitrogens with zero attached hydrogens (tertiary/aromatic N) is 2. The summed E-state index contributed by atoms with van der Waals surface area (Å²) in [6.45, 7) is 5.69. The van der Waals surface area contributed by atoms with Crippen molar-refractivity contribution in [2.75, 3.05) is 37.8 Å². The normalized spacial score (nSPS) is 12.2. The molecule has 1 aromatic heterocycles. The van der Waals surface area contributed by atoms with Gasteiger partial charge in [-0.25, -0.2) is 4.98 Å². The number of amides is 1. The van der Waals surface area contributed by atoms with Crippen LogP contribution in [0.1, 0.15) is 12.5 Å². The molecular weight excluding hydrogens is 478 g/mol. The van der Waals surface area contributed by atoms with Gasteiger partial charge in [0.15, 0.2) is 5.16 Å². The maximum atomic E-state index is 12.8. The molecule has 8 heteroatoms. The monoisotopic (exact) mass is 507 g/mol. The molecule has 0 spiro atoms. The standard InChI is InChI=1S/C27H30ClN5OS/c1-17-8-13-23(22(28)16-17)30-26(34)18(2)35-27-31-24-7-5-6-21(25(24)32-27)19-9-11-20(12-10-19)29-14-15-33(3)4/h5-13,16,18,29H,14-15H2,1-4H3,(H,30,34)(H,31,32). The zero-order valence-electron chi connectivity index (χ0n) is 20.4. The molecule has 1 unspecified atom stereocenters. The van der Waals surface area contributed by atoms with E-state index >= 15 is 0 Å². The van der Waals surface area contributed by atoms with E-state index in [1.807, 2.05) is 44.2 Å². The second-order valence-corrected chi connectivity index (χ2v) is 10.5. The molecule has 1 heterocycles. The summed E-state index contributed by atoms with van der Waals surface area (Å²) >= 11 is 7.66. The Balaban J connectivity index is 1.47. The van der Waals surface area contributed by atoms with Gasteiger partial charge in [0.25, 0.3) is 0 Å². The molecule has 6 nitrogen and oxygen atoms in total. The van der Waals surface area contributed by atoms with Crippen molar-refractivity contribution in [3.63, 3.8) is 0 Å². The van der Waals surface area contributed by atoms with Crippen LogP contribution < -0.4 is 10.6 Å². The molecule has 4 rings (SSSR count). The number of imidazole rings is 1. The molecule has 0 aliphatic carbocycles. The maximum Gasteiger partial charge on any atom is 0.237 e. The van der Waals surface area contributed by atoms with Crippen LogP contribution >= 0.6 is 23.4 Å². The molecule has 35 heavy (non-hydrogen) atoms. The zero-order chi connectivity index (χ0) is 24.9. The van der Waals surface area contributed by atoms with Crippen LogP contribution in [0, 0.1) is 6.92 Å². The number of hydrogen-bond donors (Lipinski definition) is 3. The number of nitrogens with one attached hydrogen (secondary N) is 3. The van der Waals surface area contributed by atoms with Crippen molar-refractivity contribution >= 4 is 51.7 Å². The summed E-state index contributed by atoms with van der Waals surface area (Å²) in [4.78, 5) is 23.0. The van der Waals surface area contributed by atoms with E-state index in [9.17, 15) is 4.79 Å². The first-order valence-corrected chi connectivity index (χ1v) is 12.8. The molecule has 0 saturated carbocycles. The quantitative estimate of drug-likeness (QED) is 0.232. The fourth-order valence-electron chi connectivity index (χ4n) is 3.67. The third kappa shape index (κ3) is 6.36. The molecule has 0 saturated heterocycles. The number of carbonyl (C=O) groups is 1. The number of aryl methyl sites for hydroxylation is 1. The van der Waals surface area contributed by atoms with Crippen LogP contribution in [0.4, 0.5) is 11.4 Å². The maximum absolute atomic E-state index is 12.8. The average molecular weight is 508 g/mol. The van der Waals surface area contributed by atoms with Crippen molar-refractivity contribution < 1.29 is 4.79 Å². The molecule has 0 aliphatic heterocycles. The predicted molar refractivity (Wildman–Crippen MR) is 149 cm³/mol. The van der Waals surface area contributed by atoms with Crippen molar-refractivity contribution in [2.45, 2.75) is 24.3 Å². The number of para-hydroxylation sites is 1. The number of benzene rings is 3. The van der Waals surface area contributed by atoms with Crippen LogP contribution in [0.15, 0.2) is 65.8 Å². The molecule has 1 amide bonds. The highest BCUT2D eigenvalue weighted by atomic mass is 35.5. The highest BCUT2D eigenvalue weighted by Gasteiger charge is 2.18. The lowest BCUT2D eigenvalue weighted by Gasteiger charge is -2.12. The number of halogens is 1. The Morgan fingerprint density at radius 1 is 1.14 bits per heavy atom. The number of aromatic nitrogens is 2. The average Bonchev–Trinajstić information content (AvgIpc) is 3.23. The molecule has 0 fully saturated rings. The van der Waals surface area contributed by atoms with Crippen molar-refractivity contribution in [3.8, 4) is 11.1 Å². The zero-order valence-corrected chi connectivity index (χ0v) is 21.9. The molecule has 0 bridgehead atoms. The number of H-pyrrole nitrogens is 1. The molecule has 1 atom stereocenters. The third-order valence-corrected chi connectivity index (χ3v) is 6.92. The summed E-state index contributed by atoms with van der Waals surface area (Å²) < 4.78 is 0. The van der Waals surface area contributed by atoms with Gasteiger partial charge in [0, 0.05) is 24.3 Å². The van der Waals surface area contributed by atoms with Crippen LogP contribution in [0.3, 0.4) is 0 Å². The second kappa shape index (κ2) is 11.2. The van der Waals surface area contributed by atoms with Gasteiger partial charge in [-0.05, 0) is 69.4 Å². The van der Waals surface area contributed by atoms with Gasteiger partial charge in [-0.15, -0.1) is 0 Å². The topological polar surface area (TPSA) is 73.1 Å². The van der Waals surface area contributed by atoms with Crippen molar-refractivity contribution in [3.05, 3.63) is 71.2 Å². The van der Waals surface area contributed by atoms with E-state index in [0.29, 0.717) is 15.9 Å². The van der Waals surface area contributed by atoms with Gasteiger partial charge < -0.3 is 20.5 Å². The molecule has 0 aliphatic rings. The fourth-order valence-corrected chi connectivity index (χ4v) is 4.77. The lowest BCUT2D eigenvalue weighted by atomic mass is 10.0. The summed E-state index contributed by atoms with van der Waals surface area (Å²) in [5, 5.41) is 7.23. The van der Waals surface area contributed by atoms with Crippen LogP contribution in [0.5, 0.6) is 0 Å². The summed E-state index contributed by atoms with van der Waals surface area (Å²) in [7, 11) is 4.13. The van der Waals surface area contributed by atoms with Crippen LogP contribution in [0.2, 0.25) is 5.02 Å². The van der Waals surface area contributed by atoms with Gasteiger partial charge in [-0.3, -0.25) is 4.79 Å². The third-order valence-electron chi connectivity index (χ3n) is 5.62. The Labute approximate surface area is 215 Å². The highest BCUT2D eigenvalue weighted by molar-refractivity contribution is 8.00. The van der Waals surface area contributed by atoms with E-state index in [1.165, 1.54) is 11.8 Å². The van der Waals surface area contributed by atoms with E-state index in [0.717, 1.165) is 46.5 Å². The Morgan fingerprint density at radius 2 is 1.91 bits per heavy atom. The fraction of sp³-hybridized carbons (Fsp3) is 0.259. The Morgan fingerprint density at radius 3 is 2.63 bits per heavy atom. The largest absolute Gasteiger partial charge is 0.384 e. The SMILES string of the molecule is Cc1ccc(NC(=O)C(C)Sc2nc3cccc(-c4ccc(NCCN(C)C)cc4)c3[nH]2)c(Cl)c1. The lowest BCUT2D eigenvalue weighted by molar-refractivity contribution is -0.115. The number of fused-ring (bicyclic) bond motifs is 1. The van der Waals surface area contributed by atoms with E-state index in [1.54, 1.807) is 0 Å². The summed E-state index contributed by atoms with van der Waals surface area (Å²) in [5.74, 6) is -0.126. The number of carbonyl (C=O) groups excluding carboxylic acids is 1. The summed E-state index contributed by atoms with van der Waals surface area (Å²) in [6.07, 6.45) is 0. The molecule has 3 N–H and O–H groups in total. The number of hydrogen-bond acceptors (Lipinski definition) is 5. The van der Waals surface area contributed by atoms with Gasteiger partial charge in [0.1, 0.15) is 0 Å². The van der Waals surface area contributed by atoms with Crippen molar-refractivity contribution in [1.82, 2.24) is 14.9 Å². The first kappa shape index (κ1) is 25.1. The first-order chi connectivity index (χ1) is 16.8. The van der Waals surface area contributed by atoms with Crippen LogP contribution in [-0.2, 0) is 4.79 Å². The van der Waals surface area contributed by atoms with Gasteiger partial charge in [-0.2, -0.15) is 0 Å². The minimum atomic E-state index is -0.357. The van der Waals surface area contributed by atoms with Crippen LogP contribution in [-0.4, -0.2) is 53.2 Å².